The van der Waals surface area contributed by atoms with Crippen LogP contribution in [0.15, 0.2) is 48.9 Å². The zero-order valence-corrected chi connectivity index (χ0v) is 15.7. The van der Waals surface area contributed by atoms with E-state index in [0.29, 0.717) is 11.9 Å². The second-order valence-electron chi connectivity index (χ2n) is 7.09. The number of pyridine rings is 2. The third kappa shape index (κ3) is 3.88. The number of aromatic nitrogens is 2. The summed E-state index contributed by atoms with van der Waals surface area (Å²) in [5, 5.41) is 15.9. The van der Waals surface area contributed by atoms with Gasteiger partial charge in [0.15, 0.2) is 0 Å². The van der Waals surface area contributed by atoms with Crippen molar-refractivity contribution in [3.63, 3.8) is 0 Å². The number of non-ortho nitro benzene ring substituents is 1. The number of nitrogens with one attached hydrogen (secondary N) is 1. The van der Waals surface area contributed by atoms with Crippen LogP contribution in [0.3, 0.4) is 0 Å². The summed E-state index contributed by atoms with van der Waals surface area (Å²) in [6, 6.07) is 9.24. The molecule has 2 aromatic heterocycles. The fraction of sp³-hybridized carbons (Fsp3) is 0.333. The highest BCUT2D eigenvalue weighted by Gasteiger charge is 2.14. The van der Waals surface area contributed by atoms with Crippen LogP contribution in [0.2, 0.25) is 0 Å². The van der Waals surface area contributed by atoms with Crippen molar-refractivity contribution in [1.29, 1.82) is 0 Å². The van der Waals surface area contributed by atoms with Gasteiger partial charge in [-0.15, -0.1) is 0 Å². The van der Waals surface area contributed by atoms with Gasteiger partial charge in [-0.3, -0.25) is 15.1 Å². The summed E-state index contributed by atoms with van der Waals surface area (Å²) in [6.07, 6.45) is 10.2. The van der Waals surface area contributed by atoms with Crippen LogP contribution in [0.1, 0.15) is 31.2 Å². The van der Waals surface area contributed by atoms with Crippen molar-refractivity contribution in [2.45, 2.75) is 32.2 Å². The van der Waals surface area contributed by atoms with Crippen LogP contribution in [0.4, 0.5) is 17.2 Å². The van der Waals surface area contributed by atoms with Gasteiger partial charge >= 0.3 is 0 Å². The maximum absolute atomic E-state index is 11.2. The van der Waals surface area contributed by atoms with Crippen molar-refractivity contribution in [3.8, 4) is 0 Å². The normalized spacial score (nSPS) is 14.6. The Bertz CT molecular complexity index is 966. The molecule has 3 heterocycles. The number of nitro groups is 1. The van der Waals surface area contributed by atoms with Crippen molar-refractivity contribution >= 4 is 28.0 Å². The zero-order valence-electron chi connectivity index (χ0n) is 15.7. The zero-order chi connectivity index (χ0) is 19.3. The fourth-order valence-corrected chi connectivity index (χ4v) is 3.69. The van der Waals surface area contributed by atoms with E-state index in [1.807, 2.05) is 6.20 Å². The Morgan fingerprint density at radius 2 is 1.82 bits per heavy atom. The molecule has 7 heteroatoms. The third-order valence-corrected chi connectivity index (χ3v) is 5.21. The van der Waals surface area contributed by atoms with Gasteiger partial charge in [0.25, 0.3) is 5.69 Å². The number of nitro benzene ring substituents is 1. The summed E-state index contributed by atoms with van der Waals surface area (Å²) in [5.74, 6) is 1.04. The lowest BCUT2D eigenvalue weighted by Gasteiger charge is -2.21. The molecule has 144 valence electrons. The number of benzene rings is 1. The van der Waals surface area contributed by atoms with E-state index >= 15 is 0 Å². The van der Waals surface area contributed by atoms with Gasteiger partial charge in [0, 0.05) is 55.4 Å². The molecule has 3 aromatic rings. The van der Waals surface area contributed by atoms with Crippen LogP contribution in [0.5, 0.6) is 0 Å². The van der Waals surface area contributed by atoms with Crippen molar-refractivity contribution < 1.29 is 4.92 Å². The molecule has 0 saturated carbocycles. The number of hydrogen-bond donors (Lipinski definition) is 1. The minimum Gasteiger partial charge on any atom is -0.380 e. The van der Waals surface area contributed by atoms with Gasteiger partial charge in [-0.05, 0) is 36.6 Å². The Morgan fingerprint density at radius 1 is 1.00 bits per heavy atom. The predicted octanol–water partition coefficient (Wildman–Crippen LogP) is 4.53. The molecule has 28 heavy (non-hydrogen) atoms. The topological polar surface area (TPSA) is 84.2 Å². The van der Waals surface area contributed by atoms with Crippen LogP contribution >= 0.6 is 0 Å². The third-order valence-electron chi connectivity index (χ3n) is 5.21. The van der Waals surface area contributed by atoms with E-state index < -0.39 is 0 Å². The SMILES string of the molecule is O=[N+]([O-])c1ccc(NCc2ccc(N3CCCCCC3)nc2)c2ccncc12. The van der Waals surface area contributed by atoms with E-state index in [0.717, 1.165) is 35.5 Å². The maximum Gasteiger partial charge on any atom is 0.278 e. The molecule has 1 N–H and O–H groups in total. The molecule has 1 aliphatic rings. The molecule has 7 nitrogen and oxygen atoms in total. The minimum absolute atomic E-state index is 0.0668. The summed E-state index contributed by atoms with van der Waals surface area (Å²) >= 11 is 0. The number of anilines is 2. The number of hydrogen-bond acceptors (Lipinski definition) is 6. The molecule has 0 bridgehead atoms. The monoisotopic (exact) mass is 377 g/mol. The van der Waals surface area contributed by atoms with Crippen LogP contribution < -0.4 is 10.2 Å². The van der Waals surface area contributed by atoms with Gasteiger partial charge in [0.1, 0.15) is 5.82 Å². The molecule has 1 aliphatic heterocycles. The van der Waals surface area contributed by atoms with Gasteiger partial charge in [-0.1, -0.05) is 18.9 Å². The molecule has 0 aliphatic carbocycles. The first-order valence-electron chi connectivity index (χ1n) is 9.67. The van der Waals surface area contributed by atoms with Crippen molar-refractivity contribution in [1.82, 2.24) is 9.97 Å². The van der Waals surface area contributed by atoms with Gasteiger partial charge in [0.05, 0.1) is 10.3 Å². The Morgan fingerprint density at radius 3 is 2.54 bits per heavy atom. The quantitative estimate of drug-likeness (QED) is 0.519. The lowest BCUT2D eigenvalue weighted by Crippen LogP contribution is -2.24. The van der Waals surface area contributed by atoms with Crippen molar-refractivity contribution in [3.05, 3.63) is 64.6 Å². The number of fused-ring (bicyclic) bond motifs is 1. The maximum atomic E-state index is 11.2. The number of nitrogens with zero attached hydrogens (tertiary/aromatic N) is 4. The second-order valence-corrected chi connectivity index (χ2v) is 7.09. The standard InChI is InChI=1S/C21H23N5O2/c27-26(28)20-7-6-19(17-9-10-22-15-18(17)20)23-13-16-5-8-21(24-14-16)25-11-3-1-2-4-12-25/h5-10,14-15,23H,1-4,11-13H2. The Hall–Kier alpha value is -3.22. The van der Waals surface area contributed by atoms with E-state index in [1.165, 1.54) is 37.9 Å². The highest BCUT2D eigenvalue weighted by Crippen LogP contribution is 2.31. The van der Waals surface area contributed by atoms with E-state index in [9.17, 15) is 10.1 Å². The number of rotatable bonds is 5. The second kappa shape index (κ2) is 8.21. The molecule has 0 amide bonds. The first-order valence-corrected chi connectivity index (χ1v) is 9.67. The summed E-state index contributed by atoms with van der Waals surface area (Å²) in [6.45, 7) is 2.75. The average molecular weight is 377 g/mol. The van der Waals surface area contributed by atoms with E-state index in [4.69, 9.17) is 0 Å². The van der Waals surface area contributed by atoms with E-state index in [1.54, 1.807) is 18.3 Å². The molecule has 0 atom stereocenters. The highest BCUT2D eigenvalue weighted by molar-refractivity contribution is 5.99. The van der Waals surface area contributed by atoms with Crippen LogP contribution in [-0.2, 0) is 6.54 Å². The summed E-state index contributed by atoms with van der Waals surface area (Å²) in [5.41, 5.74) is 1.98. The minimum atomic E-state index is -0.376. The predicted molar refractivity (Wildman–Crippen MR) is 111 cm³/mol. The Kier molecular flexibility index (Phi) is 5.32. The van der Waals surface area contributed by atoms with Gasteiger partial charge in [0.2, 0.25) is 0 Å². The van der Waals surface area contributed by atoms with Gasteiger partial charge in [-0.2, -0.15) is 0 Å². The molecular weight excluding hydrogens is 354 g/mol. The van der Waals surface area contributed by atoms with Gasteiger partial charge in [-0.25, -0.2) is 4.98 Å². The highest BCUT2D eigenvalue weighted by atomic mass is 16.6. The summed E-state index contributed by atoms with van der Waals surface area (Å²) in [7, 11) is 0. The Labute approximate surface area is 163 Å². The molecule has 1 saturated heterocycles. The molecular formula is C21H23N5O2. The van der Waals surface area contributed by atoms with Crippen molar-refractivity contribution in [2.75, 3.05) is 23.3 Å². The molecule has 1 aromatic carbocycles. The summed E-state index contributed by atoms with van der Waals surface area (Å²) in [4.78, 5) is 21.9. The lowest BCUT2D eigenvalue weighted by atomic mass is 10.1. The van der Waals surface area contributed by atoms with Crippen molar-refractivity contribution in [2.24, 2.45) is 0 Å². The van der Waals surface area contributed by atoms with E-state index in [-0.39, 0.29) is 10.6 Å². The van der Waals surface area contributed by atoms with Crippen LogP contribution in [0.25, 0.3) is 10.8 Å². The smallest absolute Gasteiger partial charge is 0.278 e. The fourth-order valence-electron chi connectivity index (χ4n) is 3.69. The van der Waals surface area contributed by atoms with Gasteiger partial charge < -0.3 is 10.2 Å². The molecule has 0 spiro atoms. The molecule has 0 unspecified atom stereocenters. The Balaban J connectivity index is 1.49. The van der Waals surface area contributed by atoms with Crippen LogP contribution in [-0.4, -0.2) is 28.0 Å². The lowest BCUT2D eigenvalue weighted by molar-refractivity contribution is -0.383. The first kappa shape index (κ1) is 18.2. The molecule has 0 radical (unpaired) electrons. The molecule has 4 rings (SSSR count). The average Bonchev–Trinajstić information content (AvgIpc) is 3.02. The van der Waals surface area contributed by atoms with Crippen LogP contribution in [0, 0.1) is 10.1 Å². The van der Waals surface area contributed by atoms with E-state index in [2.05, 4.69) is 32.3 Å². The summed E-state index contributed by atoms with van der Waals surface area (Å²) < 4.78 is 0. The first-order chi connectivity index (χ1) is 13.7. The largest absolute Gasteiger partial charge is 0.380 e. The molecule has 1 fully saturated rings.